The lowest BCUT2D eigenvalue weighted by atomic mass is 10.1. The number of hydrogen-bond acceptors (Lipinski definition) is 5. The van der Waals surface area contributed by atoms with Gasteiger partial charge in [0.15, 0.2) is 0 Å². The van der Waals surface area contributed by atoms with E-state index in [0.717, 1.165) is 50.8 Å². The van der Waals surface area contributed by atoms with Gasteiger partial charge in [-0.3, -0.25) is 19.7 Å². The lowest BCUT2D eigenvalue weighted by molar-refractivity contribution is 0.0764. The summed E-state index contributed by atoms with van der Waals surface area (Å²) in [6, 6.07) is 12.3. The number of aryl methyl sites for hydroxylation is 1. The molecule has 2 aromatic carbocycles. The van der Waals surface area contributed by atoms with Crippen LogP contribution in [0.1, 0.15) is 56.8 Å². The molecular formula is C27H32N6O3. The largest absolute Gasteiger partial charge is 0.352 e. The molecule has 2 aliphatic rings. The standard InChI is InChI=1S/C27H32N6O3/c1-31-13-7-14-32(17-16-31)26(36)21-10-6-11-22-23(21)33-15-4-2-3-12-28-24(34)19-8-5-9-20(18-19)25(35)30-27(33)29-22/h5-6,8-11,18H,2-4,7,12-17H2,1H3,(H,28,34)(H,29,30,35). The summed E-state index contributed by atoms with van der Waals surface area (Å²) in [5, 5.41) is 5.87. The number of fused-ring (bicyclic) bond motifs is 5. The van der Waals surface area contributed by atoms with Crippen molar-refractivity contribution >= 4 is 34.7 Å². The summed E-state index contributed by atoms with van der Waals surface area (Å²) in [7, 11) is 2.08. The molecular weight excluding hydrogens is 456 g/mol. The Morgan fingerprint density at radius 2 is 1.67 bits per heavy atom. The van der Waals surface area contributed by atoms with Crippen LogP contribution in [0, 0.1) is 0 Å². The number of imidazole rings is 1. The van der Waals surface area contributed by atoms with Crippen molar-refractivity contribution in [2.75, 3.05) is 45.1 Å². The van der Waals surface area contributed by atoms with E-state index in [2.05, 4.69) is 22.6 Å². The summed E-state index contributed by atoms with van der Waals surface area (Å²) in [6.45, 7) is 4.40. The molecule has 188 valence electrons. The number of carbonyl (C=O) groups excluding carboxylic acids is 3. The van der Waals surface area contributed by atoms with Crippen LogP contribution in [-0.4, -0.2) is 76.8 Å². The second-order valence-electron chi connectivity index (χ2n) is 9.56. The molecule has 3 aromatic rings. The zero-order valence-corrected chi connectivity index (χ0v) is 20.6. The molecule has 3 heterocycles. The zero-order chi connectivity index (χ0) is 25.1. The number of aromatic nitrogens is 2. The van der Waals surface area contributed by atoms with E-state index < -0.39 is 0 Å². The first-order valence-electron chi connectivity index (χ1n) is 12.7. The Hall–Kier alpha value is -3.72. The number of hydrogen-bond donors (Lipinski definition) is 2. The molecule has 0 atom stereocenters. The van der Waals surface area contributed by atoms with Crippen molar-refractivity contribution in [2.24, 2.45) is 0 Å². The molecule has 0 unspecified atom stereocenters. The molecule has 0 spiro atoms. The lowest BCUT2D eigenvalue weighted by Gasteiger charge is -2.21. The van der Waals surface area contributed by atoms with Gasteiger partial charge < -0.3 is 19.7 Å². The molecule has 0 aliphatic carbocycles. The summed E-state index contributed by atoms with van der Waals surface area (Å²) < 4.78 is 1.97. The molecule has 3 amide bonds. The number of likely N-dealkylation sites (N-methyl/N-ethyl adjacent to an activating group) is 1. The van der Waals surface area contributed by atoms with Crippen molar-refractivity contribution in [3.8, 4) is 0 Å². The predicted octanol–water partition coefficient (Wildman–Crippen LogP) is 2.98. The first kappa shape index (κ1) is 24.0. The Morgan fingerprint density at radius 3 is 2.53 bits per heavy atom. The maximum Gasteiger partial charge on any atom is 0.257 e. The third-order valence-electron chi connectivity index (χ3n) is 6.96. The van der Waals surface area contributed by atoms with Crippen LogP contribution in [0.3, 0.4) is 0 Å². The van der Waals surface area contributed by atoms with Gasteiger partial charge in [0.25, 0.3) is 17.7 Å². The Balaban J connectivity index is 1.54. The fraction of sp³-hybridized carbons (Fsp3) is 0.407. The monoisotopic (exact) mass is 488 g/mol. The van der Waals surface area contributed by atoms with Crippen LogP contribution in [0.25, 0.3) is 11.0 Å². The first-order valence-corrected chi connectivity index (χ1v) is 12.7. The van der Waals surface area contributed by atoms with Gasteiger partial charge in [-0.1, -0.05) is 12.1 Å². The molecule has 1 fully saturated rings. The molecule has 9 nitrogen and oxygen atoms in total. The third-order valence-corrected chi connectivity index (χ3v) is 6.96. The number of rotatable bonds is 1. The highest BCUT2D eigenvalue weighted by Crippen LogP contribution is 2.26. The van der Waals surface area contributed by atoms with Crippen LogP contribution in [0.15, 0.2) is 42.5 Å². The lowest BCUT2D eigenvalue weighted by Crippen LogP contribution is -2.34. The van der Waals surface area contributed by atoms with E-state index in [0.29, 0.717) is 47.8 Å². The van der Waals surface area contributed by atoms with Gasteiger partial charge in [0, 0.05) is 43.9 Å². The molecule has 2 aliphatic heterocycles. The van der Waals surface area contributed by atoms with Gasteiger partial charge in [0.1, 0.15) is 0 Å². The highest BCUT2D eigenvalue weighted by Gasteiger charge is 2.24. The van der Waals surface area contributed by atoms with E-state index in [1.807, 2.05) is 27.7 Å². The number of nitrogens with one attached hydrogen (secondary N) is 2. The van der Waals surface area contributed by atoms with E-state index in [-0.39, 0.29) is 17.7 Å². The second kappa shape index (κ2) is 10.5. The molecule has 9 heteroatoms. The quantitative estimate of drug-likeness (QED) is 0.549. The minimum absolute atomic E-state index is 0.000237. The van der Waals surface area contributed by atoms with Crippen LogP contribution in [0.4, 0.5) is 5.95 Å². The van der Waals surface area contributed by atoms with E-state index >= 15 is 0 Å². The van der Waals surface area contributed by atoms with Gasteiger partial charge in [-0.2, -0.15) is 0 Å². The van der Waals surface area contributed by atoms with Gasteiger partial charge in [-0.15, -0.1) is 0 Å². The Bertz CT molecular complexity index is 1300. The average molecular weight is 489 g/mol. The fourth-order valence-electron chi connectivity index (χ4n) is 4.94. The van der Waals surface area contributed by atoms with Crippen LogP contribution < -0.4 is 10.6 Å². The van der Waals surface area contributed by atoms with Crippen molar-refractivity contribution in [2.45, 2.75) is 32.2 Å². The van der Waals surface area contributed by atoms with Crippen LogP contribution in [0.2, 0.25) is 0 Å². The maximum atomic E-state index is 13.7. The van der Waals surface area contributed by atoms with E-state index in [1.165, 1.54) is 0 Å². The van der Waals surface area contributed by atoms with Gasteiger partial charge in [0.2, 0.25) is 5.95 Å². The fourth-order valence-corrected chi connectivity index (χ4v) is 4.94. The van der Waals surface area contributed by atoms with Gasteiger partial charge in [0.05, 0.1) is 16.6 Å². The van der Waals surface area contributed by atoms with Crippen molar-refractivity contribution < 1.29 is 14.4 Å². The van der Waals surface area contributed by atoms with Crippen LogP contribution in [-0.2, 0) is 6.54 Å². The molecule has 2 N–H and O–H groups in total. The molecule has 0 saturated carbocycles. The van der Waals surface area contributed by atoms with Crippen molar-refractivity contribution in [3.05, 3.63) is 59.2 Å². The summed E-state index contributed by atoms with van der Waals surface area (Å²) in [6.07, 6.45) is 3.50. The highest BCUT2D eigenvalue weighted by atomic mass is 16.2. The minimum Gasteiger partial charge on any atom is -0.352 e. The topological polar surface area (TPSA) is 99.6 Å². The first-order chi connectivity index (χ1) is 17.5. The van der Waals surface area contributed by atoms with Crippen molar-refractivity contribution in [1.82, 2.24) is 24.7 Å². The SMILES string of the molecule is CN1CCCN(C(=O)c2cccc3nc4n(c23)CCCCCNC(=O)c2cccc(c2)C(=O)N4)CC1. The zero-order valence-electron chi connectivity index (χ0n) is 20.6. The number of nitrogens with zero attached hydrogens (tertiary/aromatic N) is 4. The van der Waals surface area contributed by atoms with Gasteiger partial charge in [-0.05, 0) is 69.6 Å². The van der Waals surface area contributed by atoms with E-state index in [4.69, 9.17) is 4.98 Å². The predicted molar refractivity (Wildman–Crippen MR) is 138 cm³/mol. The molecule has 1 saturated heterocycles. The molecule has 36 heavy (non-hydrogen) atoms. The van der Waals surface area contributed by atoms with Gasteiger partial charge in [-0.25, -0.2) is 4.98 Å². The number of para-hydroxylation sites is 1. The summed E-state index contributed by atoms with van der Waals surface area (Å²) in [5.74, 6) is -0.115. The Kier molecular flexibility index (Phi) is 6.99. The van der Waals surface area contributed by atoms with Crippen molar-refractivity contribution in [1.29, 1.82) is 0 Å². The smallest absolute Gasteiger partial charge is 0.257 e. The number of carbonyl (C=O) groups is 3. The number of benzene rings is 2. The summed E-state index contributed by atoms with van der Waals surface area (Å²) >= 11 is 0. The Morgan fingerprint density at radius 1 is 0.861 bits per heavy atom. The van der Waals surface area contributed by atoms with Gasteiger partial charge >= 0.3 is 0 Å². The molecule has 1 aromatic heterocycles. The van der Waals surface area contributed by atoms with E-state index in [9.17, 15) is 14.4 Å². The second-order valence-corrected chi connectivity index (χ2v) is 9.56. The molecule has 5 rings (SSSR count). The summed E-state index contributed by atoms with van der Waals surface area (Å²) in [4.78, 5) is 48.2. The average Bonchev–Trinajstić information content (AvgIpc) is 3.08. The normalized spacial score (nSPS) is 18.1. The molecule has 2 bridgehead atoms. The van der Waals surface area contributed by atoms with E-state index in [1.54, 1.807) is 24.3 Å². The highest BCUT2D eigenvalue weighted by molar-refractivity contribution is 6.08. The Labute approximate surface area is 210 Å². The molecule has 0 radical (unpaired) electrons. The summed E-state index contributed by atoms with van der Waals surface area (Å²) in [5.41, 5.74) is 2.87. The number of amides is 3. The van der Waals surface area contributed by atoms with Crippen molar-refractivity contribution in [3.63, 3.8) is 0 Å². The maximum absolute atomic E-state index is 13.7. The number of anilines is 1. The third kappa shape index (κ3) is 4.97. The van der Waals surface area contributed by atoms with Crippen LogP contribution in [0.5, 0.6) is 0 Å². The minimum atomic E-state index is -0.346. The van der Waals surface area contributed by atoms with Crippen LogP contribution >= 0.6 is 0 Å².